The number of hydrogen-bond acceptors (Lipinski definition) is 5. The number of carbonyl (C=O) groups excluding carboxylic acids is 2. The molecule has 0 heterocycles. The van der Waals surface area contributed by atoms with Crippen LogP contribution in [-0.4, -0.2) is 30.0 Å². The van der Waals surface area contributed by atoms with Crippen molar-refractivity contribution in [3.63, 3.8) is 0 Å². The minimum absolute atomic E-state index is 0.0761. The van der Waals surface area contributed by atoms with Crippen molar-refractivity contribution in [3.8, 4) is 0 Å². The van der Waals surface area contributed by atoms with Gasteiger partial charge < -0.3 is 9.64 Å². The van der Waals surface area contributed by atoms with Crippen molar-refractivity contribution >= 4 is 23.3 Å². The van der Waals surface area contributed by atoms with Crippen molar-refractivity contribution in [1.82, 2.24) is 0 Å². The van der Waals surface area contributed by atoms with E-state index >= 15 is 0 Å². The SMILES string of the molecule is CCCCOC(=O)CN(C(C)=O)c1ccc([N+](=O)[O-])cc1. The summed E-state index contributed by atoms with van der Waals surface area (Å²) in [5.41, 5.74) is 0.341. The van der Waals surface area contributed by atoms with E-state index in [0.29, 0.717) is 12.3 Å². The topological polar surface area (TPSA) is 89.8 Å². The molecule has 0 saturated heterocycles. The van der Waals surface area contributed by atoms with Gasteiger partial charge in [-0.1, -0.05) is 13.3 Å². The fraction of sp³-hybridized carbons (Fsp3) is 0.429. The third-order valence-corrected chi connectivity index (χ3v) is 2.80. The fourth-order valence-corrected chi connectivity index (χ4v) is 1.64. The lowest BCUT2D eigenvalue weighted by atomic mass is 10.2. The molecule has 0 aliphatic carbocycles. The molecule has 1 rings (SSSR count). The van der Waals surface area contributed by atoms with Crippen LogP contribution < -0.4 is 4.90 Å². The first-order chi connectivity index (χ1) is 9.95. The Morgan fingerprint density at radius 3 is 2.38 bits per heavy atom. The predicted octanol–water partition coefficient (Wildman–Crippen LogP) is 2.29. The first kappa shape index (κ1) is 16.6. The van der Waals surface area contributed by atoms with E-state index in [2.05, 4.69) is 0 Å². The van der Waals surface area contributed by atoms with Gasteiger partial charge in [0.15, 0.2) is 0 Å². The second kappa shape index (κ2) is 7.98. The minimum atomic E-state index is -0.527. The number of esters is 1. The molecule has 0 aliphatic heterocycles. The molecule has 0 bridgehead atoms. The zero-order valence-corrected chi connectivity index (χ0v) is 12.1. The number of hydrogen-bond donors (Lipinski definition) is 0. The van der Waals surface area contributed by atoms with Crippen LogP contribution in [0, 0.1) is 10.1 Å². The summed E-state index contributed by atoms with van der Waals surface area (Å²) in [6, 6.07) is 5.43. The maximum atomic E-state index is 11.7. The summed E-state index contributed by atoms with van der Waals surface area (Å²) < 4.78 is 5.01. The predicted molar refractivity (Wildman–Crippen MR) is 77.0 cm³/mol. The van der Waals surface area contributed by atoms with E-state index in [9.17, 15) is 19.7 Å². The molecule has 1 aromatic carbocycles. The third-order valence-electron chi connectivity index (χ3n) is 2.80. The molecule has 0 atom stereocenters. The molecule has 0 N–H and O–H groups in total. The van der Waals surface area contributed by atoms with Gasteiger partial charge in [-0.25, -0.2) is 0 Å². The summed E-state index contributed by atoms with van der Waals surface area (Å²) >= 11 is 0. The molecule has 21 heavy (non-hydrogen) atoms. The van der Waals surface area contributed by atoms with E-state index < -0.39 is 10.9 Å². The van der Waals surface area contributed by atoms with E-state index in [1.54, 1.807) is 0 Å². The molecule has 114 valence electrons. The molecular weight excluding hydrogens is 276 g/mol. The van der Waals surface area contributed by atoms with Crippen LogP contribution in [0.5, 0.6) is 0 Å². The summed E-state index contributed by atoms with van der Waals surface area (Å²) in [4.78, 5) is 34.6. The van der Waals surface area contributed by atoms with Crippen LogP contribution in [0.1, 0.15) is 26.7 Å². The highest BCUT2D eigenvalue weighted by Crippen LogP contribution is 2.19. The van der Waals surface area contributed by atoms with E-state index in [4.69, 9.17) is 4.74 Å². The Hall–Kier alpha value is -2.44. The van der Waals surface area contributed by atoms with Gasteiger partial charge >= 0.3 is 5.97 Å². The standard InChI is InChI=1S/C14H18N2O5/c1-3-4-9-21-14(18)10-15(11(2)17)12-5-7-13(8-6-12)16(19)20/h5-8H,3-4,9-10H2,1-2H3. The highest BCUT2D eigenvalue weighted by atomic mass is 16.6. The largest absolute Gasteiger partial charge is 0.464 e. The fourth-order valence-electron chi connectivity index (χ4n) is 1.64. The van der Waals surface area contributed by atoms with Crippen molar-refractivity contribution in [2.45, 2.75) is 26.7 Å². The highest BCUT2D eigenvalue weighted by Gasteiger charge is 2.17. The maximum Gasteiger partial charge on any atom is 0.326 e. The Balaban J connectivity index is 2.75. The van der Waals surface area contributed by atoms with E-state index in [1.807, 2.05) is 6.92 Å². The number of ether oxygens (including phenoxy) is 1. The van der Waals surface area contributed by atoms with Gasteiger partial charge in [0.2, 0.25) is 5.91 Å². The van der Waals surface area contributed by atoms with Crippen LogP contribution in [0.25, 0.3) is 0 Å². The molecule has 0 fully saturated rings. The molecule has 7 nitrogen and oxygen atoms in total. The van der Waals surface area contributed by atoms with Crippen LogP contribution in [-0.2, 0) is 14.3 Å². The molecule has 0 radical (unpaired) electrons. The molecule has 0 spiro atoms. The lowest BCUT2D eigenvalue weighted by molar-refractivity contribution is -0.384. The van der Waals surface area contributed by atoms with Crippen molar-refractivity contribution in [3.05, 3.63) is 34.4 Å². The Bertz CT molecular complexity index is 513. The van der Waals surface area contributed by atoms with Crippen molar-refractivity contribution in [1.29, 1.82) is 0 Å². The van der Waals surface area contributed by atoms with E-state index in [1.165, 1.54) is 36.1 Å². The number of nitrogens with zero attached hydrogens (tertiary/aromatic N) is 2. The molecule has 7 heteroatoms. The number of rotatable bonds is 7. The zero-order valence-electron chi connectivity index (χ0n) is 12.1. The molecule has 0 saturated carbocycles. The number of benzene rings is 1. The van der Waals surface area contributed by atoms with Gasteiger partial charge in [-0.15, -0.1) is 0 Å². The average Bonchev–Trinajstić information content (AvgIpc) is 2.45. The lowest BCUT2D eigenvalue weighted by Crippen LogP contribution is -2.35. The van der Waals surface area contributed by atoms with Crippen molar-refractivity contribution < 1.29 is 19.2 Å². The quantitative estimate of drug-likeness (QED) is 0.333. The number of nitro groups is 1. The first-order valence-electron chi connectivity index (χ1n) is 6.64. The Kier molecular flexibility index (Phi) is 6.32. The number of carbonyl (C=O) groups is 2. The van der Waals surface area contributed by atoms with Crippen LogP contribution in [0.4, 0.5) is 11.4 Å². The second-order valence-corrected chi connectivity index (χ2v) is 4.45. The van der Waals surface area contributed by atoms with Crippen LogP contribution in [0.15, 0.2) is 24.3 Å². The van der Waals surface area contributed by atoms with Crippen LogP contribution in [0.3, 0.4) is 0 Å². The van der Waals surface area contributed by atoms with Gasteiger partial charge in [-0.2, -0.15) is 0 Å². The number of unbranched alkanes of at least 4 members (excludes halogenated alkanes) is 1. The summed E-state index contributed by atoms with van der Waals surface area (Å²) in [6.07, 6.45) is 1.68. The summed E-state index contributed by atoms with van der Waals surface area (Å²) in [7, 11) is 0. The normalized spacial score (nSPS) is 10.0. The molecular formula is C14H18N2O5. The Labute approximate surface area is 122 Å². The second-order valence-electron chi connectivity index (χ2n) is 4.45. The van der Waals surface area contributed by atoms with Crippen LogP contribution >= 0.6 is 0 Å². The maximum absolute atomic E-state index is 11.7. The highest BCUT2D eigenvalue weighted by molar-refractivity contribution is 5.96. The van der Waals surface area contributed by atoms with Gasteiger partial charge in [-0.3, -0.25) is 19.7 Å². The van der Waals surface area contributed by atoms with E-state index in [-0.39, 0.29) is 18.1 Å². The Morgan fingerprint density at radius 2 is 1.90 bits per heavy atom. The number of nitro benzene ring substituents is 1. The van der Waals surface area contributed by atoms with Crippen molar-refractivity contribution in [2.24, 2.45) is 0 Å². The van der Waals surface area contributed by atoms with Gasteiger partial charge in [0.05, 0.1) is 11.5 Å². The van der Waals surface area contributed by atoms with Gasteiger partial charge in [-0.05, 0) is 18.6 Å². The molecule has 1 amide bonds. The monoisotopic (exact) mass is 294 g/mol. The average molecular weight is 294 g/mol. The summed E-state index contributed by atoms with van der Waals surface area (Å²) in [5, 5.41) is 10.6. The molecule has 0 aliphatic rings. The number of non-ortho nitro benzene ring substituents is 1. The van der Waals surface area contributed by atoms with Gasteiger partial charge in [0.1, 0.15) is 6.54 Å². The molecule has 0 aromatic heterocycles. The first-order valence-corrected chi connectivity index (χ1v) is 6.64. The lowest BCUT2D eigenvalue weighted by Gasteiger charge is -2.20. The van der Waals surface area contributed by atoms with Crippen LogP contribution in [0.2, 0.25) is 0 Å². The molecule has 1 aromatic rings. The summed E-state index contributed by atoms with van der Waals surface area (Å²) in [5.74, 6) is -0.840. The third kappa shape index (κ3) is 5.21. The zero-order chi connectivity index (χ0) is 15.8. The molecule has 0 unspecified atom stereocenters. The minimum Gasteiger partial charge on any atom is -0.464 e. The smallest absolute Gasteiger partial charge is 0.326 e. The van der Waals surface area contributed by atoms with Gasteiger partial charge in [0, 0.05) is 24.7 Å². The number of anilines is 1. The number of amides is 1. The van der Waals surface area contributed by atoms with Crippen molar-refractivity contribution in [2.75, 3.05) is 18.1 Å². The Morgan fingerprint density at radius 1 is 1.29 bits per heavy atom. The van der Waals surface area contributed by atoms with E-state index in [0.717, 1.165) is 12.8 Å². The van der Waals surface area contributed by atoms with Gasteiger partial charge in [0.25, 0.3) is 5.69 Å². The summed E-state index contributed by atoms with van der Waals surface area (Å²) in [6.45, 7) is 3.41.